The Balaban J connectivity index is 0.000000894. The quantitative estimate of drug-likeness (QED) is 0.253. The minimum Gasteiger partial charge on any atom is -0.426 e. The monoisotopic (exact) mass is 510 g/mol. The molecule has 0 saturated heterocycles. The molecule has 0 radical (unpaired) electrons. The molecule has 3 aromatic rings. The SMILES string of the molecule is C=CC.CC.CC.Cc1cc(OC(=O)c2ccc(Oc3cc4c(cc3C)COC4C)o2)nc(N(C)C)c1. The van der Waals surface area contributed by atoms with Gasteiger partial charge in [-0.3, -0.25) is 0 Å². The molecule has 202 valence electrons. The summed E-state index contributed by atoms with van der Waals surface area (Å²) in [5.41, 5.74) is 4.17. The molecule has 0 N–H and O–H groups in total. The molecule has 7 nitrogen and oxygen atoms in total. The van der Waals surface area contributed by atoms with Gasteiger partial charge in [0.15, 0.2) is 0 Å². The van der Waals surface area contributed by atoms with E-state index in [1.165, 1.54) is 11.6 Å². The Hall–Kier alpha value is -3.58. The fraction of sp³-hybridized carbons (Fsp3) is 0.400. The average molecular weight is 511 g/mol. The van der Waals surface area contributed by atoms with Gasteiger partial charge in [-0.15, -0.1) is 6.58 Å². The van der Waals surface area contributed by atoms with Crippen LogP contribution in [0.25, 0.3) is 0 Å². The lowest BCUT2D eigenvalue weighted by Crippen LogP contribution is -2.13. The zero-order chi connectivity index (χ0) is 28.1. The maximum absolute atomic E-state index is 12.5. The molecule has 2 aromatic heterocycles. The molecule has 1 aromatic carbocycles. The number of hydrogen-bond donors (Lipinski definition) is 0. The number of carbonyl (C=O) groups excluding carboxylic acids is 1. The van der Waals surface area contributed by atoms with E-state index in [9.17, 15) is 4.79 Å². The van der Waals surface area contributed by atoms with Gasteiger partial charge in [0, 0.05) is 26.2 Å². The highest BCUT2D eigenvalue weighted by molar-refractivity contribution is 5.88. The second-order valence-electron chi connectivity index (χ2n) is 8.02. The van der Waals surface area contributed by atoms with Gasteiger partial charge in [0.1, 0.15) is 11.6 Å². The number of allylic oxidation sites excluding steroid dienone is 1. The van der Waals surface area contributed by atoms with E-state index in [2.05, 4.69) is 17.6 Å². The van der Waals surface area contributed by atoms with Crippen molar-refractivity contribution in [1.29, 1.82) is 0 Å². The zero-order valence-corrected chi connectivity index (χ0v) is 24.0. The van der Waals surface area contributed by atoms with Crippen molar-refractivity contribution >= 4 is 11.8 Å². The summed E-state index contributed by atoms with van der Waals surface area (Å²) in [7, 11) is 3.74. The number of ether oxygens (including phenoxy) is 3. The first-order chi connectivity index (χ1) is 17.7. The Kier molecular flexibility index (Phi) is 13.2. The lowest BCUT2D eigenvalue weighted by atomic mass is 10.0. The van der Waals surface area contributed by atoms with Gasteiger partial charge >= 0.3 is 5.97 Å². The number of fused-ring (bicyclic) bond motifs is 1. The third-order valence-electron chi connectivity index (χ3n) is 4.94. The molecule has 0 bridgehead atoms. The number of nitrogens with zero attached hydrogens (tertiary/aromatic N) is 2. The Morgan fingerprint density at radius 3 is 2.38 bits per heavy atom. The first-order valence-electron chi connectivity index (χ1n) is 12.7. The average Bonchev–Trinajstić information content (AvgIpc) is 3.49. The number of esters is 1. The van der Waals surface area contributed by atoms with Gasteiger partial charge in [-0.25, -0.2) is 4.79 Å². The van der Waals surface area contributed by atoms with Crippen LogP contribution in [0.15, 0.2) is 53.5 Å². The molecule has 0 fully saturated rings. The van der Waals surface area contributed by atoms with E-state index in [0.29, 0.717) is 18.2 Å². The molecule has 0 saturated carbocycles. The minimum absolute atomic E-state index is 0.0268. The van der Waals surface area contributed by atoms with Crippen molar-refractivity contribution in [1.82, 2.24) is 4.98 Å². The summed E-state index contributed by atoms with van der Waals surface area (Å²) in [6.45, 7) is 19.7. The Labute approximate surface area is 222 Å². The number of anilines is 1. The standard InChI is InChI=1S/C23H24N2O5.C3H6.2C2H6/c1-13-8-20(25(4)5)24-21(9-13)30-23(26)18-6-7-22(28-18)29-19-11-17-15(3)27-12-16(17)10-14(19)2;1-3-2;2*1-2/h6-11,15H,12H2,1-5H3;3H,1H2,2H3;2*1-2H3. The van der Waals surface area contributed by atoms with E-state index in [-0.39, 0.29) is 23.7 Å². The van der Waals surface area contributed by atoms with Crippen LogP contribution in [-0.4, -0.2) is 25.0 Å². The van der Waals surface area contributed by atoms with E-state index in [1.807, 2.05) is 86.5 Å². The number of benzene rings is 1. The van der Waals surface area contributed by atoms with Crippen LogP contribution in [0.4, 0.5) is 5.82 Å². The molecule has 7 heteroatoms. The molecule has 0 spiro atoms. The highest BCUT2D eigenvalue weighted by atomic mass is 16.6. The van der Waals surface area contributed by atoms with Crippen molar-refractivity contribution in [3.05, 3.63) is 77.1 Å². The van der Waals surface area contributed by atoms with Crippen molar-refractivity contribution in [2.75, 3.05) is 19.0 Å². The first-order valence-corrected chi connectivity index (χ1v) is 12.7. The van der Waals surface area contributed by atoms with E-state index in [1.54, 1.807) is 18.2 Å². The van der Waals surface area contributed by atoms with Crippen molar-refractivity contribution in [2.24, 2.45) is 0 Å². The Bertz CT molecular complexity index is 1150. The molecule has 1 aliphatic rings. The van der Waals surface area contributed by atoms with Crippen molar-refractivity contribution in [3.63, 3.8) is 0 Å². The van der Waals surface area contributed by atoms with Crippen LogP contribution in [-0.2, 0) is 11.3 Å². The number of carbonyl (C=O) groups is 1. The maximum atomic E-state index is 12.5. The highest BCUT2D eigenvalue weighted by Gasteiger charge is 2.22. The molecular formula is C30H42N2O5. The molecule has 1 aliphatic heterocycles. The van der Waals surface area contributed by atoms with Crippen LogP contribution in [0.5, 0.6) is 17.6 Å². The lowest BCUT2D eigenvalue weighted by molar-refractivity contribution is 0.0689. The zero-order valence-electron chi connectivity index (χ0n) is 24.0. The van der Waals surface area contributed by atoms with Gasteiger partial charge < -0.3 is 23.5 Å². The summed E-state index contributed by atoms with van der Waals surface area (Å²) in [5.74, 6) is 1.19. The largest absolute Gasteiger partial charge is 0.426 e. The molecule has 3 heterocycles. The summed E-state index contributed by atoms with van der Waals surface area (Å²) < 4.78 is 22.5. The van der Waals surface area contributed by atoms with Gasteiger partial charge in [-0.05, 0) is 74.2 Å². The van der Waals surface area contributed by atoms with E-state index in [0.717, 1.165) is 16.7 Å². The third kappa shape index (κ3) is 8.79. The number of aryl methyl sites for hydroxylation is 2. The molecule has 37 heavy (non-hydrogen) atoms. The maximum Gasteiger partial charge on any atom is 0.381 e. The Morgan fingerprint density at radius 2 is 1.76 bits per heavy atom. The summed E-state index contributed by atoms with van der Waals surface area (Å²) in [5, 5.41) is 0. The molecule has 1 unspecified atom stereocenters. The van der Waals surface area contributed by atoms with Crippen LogP contribution in [0.3, 0.4) is 0 Å². The fourth-order valence-corrected chi connectivity index (χ4v) is 3.32. The number of pyridine rings is 1. The highest BCUT2D eigenvalue weighted by Crippen LogP contribution is 2.37. The van der Waals surface area contributed by atoms with Gasteiger partial charge in [-0.1, -0.05) is 33.8 Å². The fourth-order valence-electron chi connectivity index (χ4n) is 3.32. The summed E-state index contributed by atoms with van der Waals surface area (Å²) in [6, 6.07) is 10.7. The van der Waals surface area contributed by atoms with Crippen molar-refractivity contribution in [2.45, 2.75) is 68.1 Å². The third-order valence-corrected chi connectivity index (χ3v) is 4.94. The topological polar surface area (TPSA) is 74.0 Å². The summed E-state index contributed by atoms with van der Waals surface area (Å²) in [4.78, 5) is 18.7. The second kappa shape index (κ2) is 15.5. The van der Waals surface area contributed by atoms with Crippen molar-refractivity contribution < 1.29 is 23.4 Å². The minimum atomic E-state index is -0.639. The number of hydrogen-bond acceptors (Lipinski definition) is 7. The van der Waals surface area contributed by atoms with Gasteiger partial charge in [0.05, 0.1) is 12.7 Å². The summed E-state index contributed by atoms with van der Waals surface area (Å²) in [6.07, 6.45) is 1.78. The van der Waals surface area contributed by atoms with Crippen molar-refractivity contribution in [3.8, 4) is 17.6 Å². The van der Waals surface area contributed by atoms with E-state index >= 15 is 0 Å². The first kappa shape index (κ1) is 31.4. The lowest BCUT2D eigenvalue weighted by Gasteiger charge is -2.13. The number of furan rings is 1. The van der Waals surface area contributed by atoms with Gasteiger partial charge in [-0.2, -0.15) is 4.98 Å². The van der Waals surface area contributed by atoms with Crippen LogP contribution in [0, 0.1) is 13.8 Å². The van der Waals surface area contributed by atoms with Crippen LogP contribution < -0.4 is 14.4 Å². The predicted molar refractivity (Wildman–Crippen MR) is 150 cm³/mol. The van der Waals surface area contributed by atoms with E-state index < -0.39 is 5.97 Å². The number of aromatic nitrogens is 1. The number of rotatable bonds is 5. The van der Waals surface area contributed by atoms with Gasteiger partial charge in [0.2, 0.25) is 11.6 Å². The molecular weight excluding hydrogens is 468 g/mol. The predicted octanol–water partition coefficient (Wildman–Crippen LogP) is 8.20. The van der Waals surface area contributed by atoms with Crippen LogP contribution in [0.1, 0.15) is 80.5 Å². The van der Waals surface area contributed by atoms with Crippen LogP contribution >= 0.6 is 0 Å². The second-order valence-corrected chi connectivity index (χ2v) is 8.02. The Morgan fingerprint density at radius 1 is 1.11 bits per heavy atom. The van der Waals surface area contributed by atoms with Gasteiger partial charge in [0.25, 0.3) is 5.95 Å². The molecule has 1 atom stereocenters. The molecule has 0 aliphatic carbocycles. The summed E-state index contributed by atoms with van der Waals surface area (Å²) >= 11 is 0. The smallest absolute Gasteiger partial charge is 0.381 e. The molecule has 4 rings (SSSR count). The normalized spacial score (nSPS) is 12.9. The van der Waals surface area contributed by atoms with E-state index in [4.69, 9.17) is 18.6 Å². The van der Waals surface area contributed by atoms with Crippen LogP contribution in [0.2, 0.25) is 0 Å². The molecule has 0 amide bonds.